The van der Waals surface area contributed by atoms with Gasteiger partial charge in [-0.15, -0.1) is 0 Å². The number of hydrogen-bond acceptors (Lipinski definition) is 3. The van der Waals surface area contributed by atoms with Crippen LogP contribution in [0.3, 0.4) is 0 Å². The second-order valence-electron chi connectivity index (χ2n) is 4.71. The molecule has 0 heterocycles. The van der Waals surface area contributed by atoms with Gasteiger partial charge in [0, 0.05) is 18.2 Å². The smallest absolute Gasteiger partial charge is 0.416 e. The summed E-state index contributed by atoms with van der Waals surface area (Å²) < 4.78 is 48.6. The lowest BCUT2D eigenvalue weighted by Crippen LogP contribution is -2.07. The van der Waals surface area contributed by atoms with Crippen LogP contribution in [0.25, 0.3) is 0 Å². The number of nitrogens with two attached hydrogens (primary N) is 1. The molecule has 0 atom stereocenters. The summed E-state index contributed by atoms with van der Waals surface area (Å²) in [7, 11) is 1.51. The summed E-state index contributed by atoms with van der Waals surface area (Å²) in [5, 5.41) is 0. The SMILES string of the molecule is COc1ccc(N)cc1OCCc1cccc(C(F)(F)F)c1. The lowest BCUT2D eigenvalue weighted by atomic mass is 10.1. The topological polar surface area (TPSA) is 44.5 Å². The minimum absolute atomic E-state index is 0.223. The van der Waals surface area contributed by atoms with Crippen LogP contribution in [-0.2, 0) is 12.6 Å². The van der Waals surface area contributed by atoms with Gasteiger partial charge >= 0.3 is 6.18 Å². The van der Waals surface area contributed by atoms with Crippen LogP contribution in [0.2, 0.25) is 0 Å². The molecule has 0 spiro atoms. The summed E-state index contributed by atoms with van der Waals surface area (Å²) in [5.41, 5.74) is 6.09. The van der Waals surface area contributed by atoms with Gasteiger partial charge in [-0.05, 0) is 23.8 Å². The third-order valence-electron chi connectivity index (χ3n) is 3.09. The Morgan fingerprint density at radius 2 is 1.82 bits per heavy atom. The fraction of sp³-hybridized carbons (Fsp3) is 0.250. The van der Waals surface area contributed by atoms with Crippen molar-refractivity contribution in [2.75, 3.05) is 19.5 Å². The zero-order valence-electron chi connectivity index (χ0n) is 12.0. The average Bonchev–Trinajstić information content (AvgIpc) is 2.47. The predicted octanol–water partition coefficient (Wildman–Crippen LogP) is 3.92. The van der Waals surface area contributed by atoms with E-state index < -0.39 is 11.7 Å². The van der Waals surface area contributed by atoms with E-state index >= 15 is 0 Å². The van der Waals surface area contributed by atoms with Gasteiger partial charge in [-0.2, -0.15) is 13.2 Å². The molecule has 0 aromatic heterocycles. The van der Waals surface area contributed by atoms with E-state index in [1.807, 2.05) is 0 Å². The van der Waals surface area contributed by atoms with Crippen molar-refractivity contribution in [2.45, 2.75) is 12.6 Å². The first-order valence-electron chi connectivity index (χ1n) is 6.62. The lowest BCUT2D eigenvalue weighted by molar-refractivity contribution is -0.137. The van der Waals surface area contributed by atoms with Gasteiger partial charge in [0.15, 0.2) is 11.5 Å². The maximum Gasteiger partial charge on any atom is 0.416 e. The molecule has 0 fully saturated rings. The summed E-state index contributed by atoms with van der Waals surface area (Å²) in [4.78, 5) is 0. The van der Waals surface area contributed by atoms with Gasteiger partial charge < -0.3 is 15.2 Å². The molecule has 0 aliphatic rings. The molecule has 0 aliphatic heterocycles. The third kappa shape index (κ3) is 4.07. The Morgan fingerprint density at radius 3 is 2.50 bits per heavy atom. The highest BCUT2D eigenvalue weighted by Crippen LogP contribution is 2.30. The van der Waals surface area contributed by atoms with E-state index in [9.17, 15) is 13.2 Å². The maximum atomic E-state index is 12.6. The van der Waals surface area contributed by atoms with E-state index in [1.54, 1.807) is 24.3 Å². The average molecular weight is 311 g/mol. The standard InChI is InChI=1S/C16H16F3NO2/c1-21-14-6-5-13(20)10-15(14)22-8-7-11-3-2-4-12(9-11)16(17,18)19/h2-6,9-10H,7-8,20H2,1H3. The summed E-state index contributed by atoms with van der Waals surface area (Å²) in [6, 6.07) is 10.2. The molecule has 0 unspecified atom stereocenters. The molecule has 0 amide bonds. The Bertz CT molecular complexity index is 642. The van der Waals surface area contributed by atoms with Crippen LogP contribution in [-0.4, -0.2) is 13.7 Å². The zero-order chi connectivity index (χ0) is 16.2. The van der Waals surface area contributed by atoms with E-state index in [4.69, 9.17) is 15.2 Å². The van der Waals surface area contributed by atoms with Crippen molar-refractivity contribution in [3.63, 3.8) is 0 Å². The molecular weight excluding hydrogens is 295 g/mol. The highest BCUT2D eigenvalue weighted by molar-refractivity contribution is 5.51. The molecule has 3 nitrogen and oxygen atoms in total. The van der Waals surface area contributed by atoms with E-state index in [0.29, 0.717) is 29.2 Å². The maximum absolute atomic E-state index is 12.6. The van der Waals surface area contributed by atoms with Crippen molar-refractivity contribution in [1.29, 1.82) is 0 Å². The number of halogens is 3. The number of anilines is 1. The fourth-order valence-corrected chi connectivity index (χ4v) is 1.99. The number of nitrogen functional groups attached to an aromatic ring is 1. The number of ether oxygens (including phenoxy) is 2. The Morgan fingerprint density at radius 1 is 1.05 bits per heavy atom. The molecule has 0 bridgehead atoms. The van der Waals surface area contributed by atoms with Gasteiger partial charge in [-0.1, -0.05) is 18.2 Å². The second kappa shape index (κ2) is 6.60. The van der Waals surface area contributed by atoms with Crippen molar-refractivity contribution < 1.29 is 22.6 Å². The molecule has 0 aliphatic carbocycles. The Hall–Kier alpha value is -2.37. The molecule has 118 valence electrons. The molecule has 0 saturated carbocycles. The first-order valence-corrected chi connectivity index (χ1v) is 6.62. The quantitative estimate of drug-likeness (QED) is 0.851. The molecule has 22 heavy (non-hydrogen) atoms. The largest absolute Gasteiger partial charge is 0.493 e. The third-order valence-corrected chi connectivity index (χ3v) is 3.09. The van der Waals surface area contributed by atoms with E-state index in [0.717, 1.165) is 12.1 Å². The molecule has 2 N–H and O–H groups in total. The van der Waals surface area contributed by atoms with Crippen molar-refractivity contribution in [1.82, 2.24) is 0 Å². The van der Waals surface area contributed by atoms with Gasteiger partial charge in [0.1, 0.15) is 0 Å². The number of rotatable bonds is 5. The first kappa shape index (κ1) is 16.0. The van der Waals surface area contributed by atoms with Crippen LogP contribution in [0.4, 0.5) is 18.9 Å². The van der Waals surface area contributed by atoms with E-state index in [1.165, 1.54) is 13.2 Å². The molecule has 2 rings (SSSR count). The van der Waals surface area contributed by atoms with Crippen molar-refractivity contribution >= 4 is 5.69 Å². The molecule has 0 saturated heterocycles. The molecule has 6 heteroatoms. The van der Waals surface area contributed by atoms with Gasteiger partial charge in [-0.3, -0.25) is 0 Å². The normalized spacial score (nSPS) is 11.3. The first-order chi connectivity index (χ1) is 10.4. The Labute approximate surface area is 126 Å². The number of hydrogen-bond donors (Lipinski definition) is 1. The van der Waals surface area contributed by atoms with Crippen LogP contribution in [0.1, 0.15) is 11.1 Å². The number of alkyl halides is 3. The number of benzene rings is 2. The van der Waals surface area contributed by atoms with Crippen LogP contribution in [0, 0.1) is 0 Å². The van der Waals surface area contributed by atoms with Gasteiger partial charge in [0.25, 0.3) is 0 Å². The highest BCUT2D eigenvalue weighted by atomic mass is 19.4. The van der Waals surface area contributed by atoms with Gasteiger partial charge in [-0.25, -0.2) is 0 Å². The molecule has 0 radical (unpaired) electrons. The van der Waals surface area contributed by atoms with E-state index in [-0.39, 0.29) is 6.61 Å². The monoisotopic (exact) mass is 311 g/mol. The molecule has 2 aromatic rings. The van der Waals surface area contributed by atoms with Crippen LogP contribution < -0.4 is 15.2 Å². The fourth-order valence-electron chi connectivity index (χ4n) is 1.99. The molecular formula is C16H16F3NO2. The van der Waals surface area contributed by atoms with Crippen molar-refractivity contribution in [3.8, 4) is 11.5 Å². The highest BCUT2D eigenvalue weighted by Gasteiger charge is 2.30. The van der Waals surface area contributed by atoms with Gasteiger partial charge in [0.2, 0.25) is 0 Å². The molecule has 2 aromatic carbocycles. The Balaban J connectivity index is 2.01. The van der Waals surface area contributed by atoms with Crippen LogP contribution in [0.5, 0.6) is 11.5 Å². The summed E-state index contributed by atoms with van der Waals surface area (Å²) >= 11 is 0. The van der Waals surface area contributed by atoms with Crippen LogP contribution >= 0.6 is 0 Å². The minimum Gasteiger partial charge on any atom is -0.493 e. The minimum atomic E-state index is -4.34. The predicted molar refractivity (Wildman–Crippen MR) is 78.0 cm³/mol. The zero-order valence-corrected chi connectivity index (χ0v) is 12.0. The van der Waals surface area contributed by atoms with Crippen LogP contribution in [0.15, 0.2) is 42.5 Å². The number of methoxy groups -OCH3 is 1. The summed E-state index contributed by atoms with van der Waals surface area (Å²) in [6.07, 6.45) is -3.99. The van der Waals surface area contributed by atoms with Gasteiger partial charge in [0.05, 0.1) is 19.3 Å². The summed E-state index contributed by atoms with van der Waals surface area (Å²) in [6.45, 7) is 0.223. The summed E-state index contributed by atoms with van der Waals surface area (Å²) in [5.74, 6) is 0.993. The van der Waals surface area contributed by atoms with Crippen molar-refractivity contribution in [3.05, 3.63) is 53.6 Å². The Kier molecular flexibility index (Phi) is 4.80. The second-order valence-corrected chi connectivity index (χ2v) is 4.71. The van der Waals surface area contributed by atoms with Crippen molar-refractivity contribution in [2.24, 2.45) is 0 Å². The van der Waals surface area contributed by atoms with E-state index in [2.05, 4.69) is 0 Å². The lowest BCUT2D eigenvalue weighted by Gasteiger charge is -2.12.